The number of hydrogen-bond acceptors (Lipinski definition) is 5. The highest BCUT2D eigenvalue weighted by molar-refractivity contribution is 8.01. The zero-order valence-corrected chi connectivity index (χ0v) is 28.7. The number of allylic oxidation sites excluding steroid dienone is 3. The van der Waals surface area contributed by atoms with Gasteiger partial charge in [-0.25, -0.2) is 0 Å². The van der Waals surface area contributed by atoms with Gasteiger partial charge in [-0.2, -0.15) is 0 Å². The van der Waals surface area contributed by atoms with E-state index in [-0.39, 0.29) is 11.9 Å². The molecule has 5 nitrogen and oxygen atoms in total. The Labute approximate surface area is 266 Å². The molecule has 1 aromatic carbocycles. The van der Waals surface area contributed by atoms with Crippen molar-refractivity contribution in [3.63, 3.8) is 0 Å². The molecule has 0 radical (unpaired) electrons. The van der Waals surface area contributed by atoms with Crippen molar-refractivity contribution in [2.45, 2.75) is 98.6 Å². The lowest BCUT2D eigenvalue weighted by Crippen LogP contribution is -2.53. The van der Waals surface area contributed by atoms with Gasteiger partial charge < -0.3 is 9.62 Å². The minimum Gasteiger partial charge on any atom is -0.334 e. The number of rotatable bonds is 14. The fourth-order valence-corrected chi connectivity index (χ4v) is 7.30. The van der Waals surface area contributed by atoms with Crippen molar-refractivity contribution in [2.24, 2.45) is 16.3 Å². The van der Waals surface area contributed by atoms with Gasteiger partial charge in [0.2, 0.25) is 0 Å². The maximum Gasteiger partial charge on any atom is 0.254 e. The van der Waals surface area contributed by atoms with Crippen molar-refractivity contribution >= 4 is 29.8 Å². The molecule has 0 bridgehead atoms. The first-order chi connectivity index (χ1) is 20.6. The smallest absolute Gasteiger partial charge is 0.254 e. The molecule has 1 aliphatic heterocycles. The molecule has 0 spiro atoms. The largest absolute Gasteiger partial charge is 0.334 e. The van der Waals surface area contributed by atoms with Crippen molar-refractivity contribution < 1.29 is 4.79 Å². The molecule has 1 aromatic rings. The molecule has 1 aliphatic carbocycles. The van der Waals surface area contributed by atoms with E-state index in [1.165, 1.54) is 49.6 Å². The first kappa shape index (κ1) is 34.9. The van der Waals surface area contributed by atoms with Gasteiger partial charge in [0.05, 0.1) is 5.70 Å². The molecule has 1 unspecified atom stereocenters. The zero-order chi connectivity index (χ0) is 31.4. The van der Waals surface area contributed by atoms with Gasteiger partial charge in [-0.3, -0.25) is 14.7 Å². The third-order valence-electron chi connectivity index (χ3n) is 9.00. The Balaban J connectivity index is 1.75. The van der Waals surface area contributed by atoms with Crippen LogP contribution in [0.4, 0.5) is 0 Å². The number of unbranched alkanes of at least 4 members (excludes halogenated alkanes) is 1. The Hall–Kier alpha value is -2.57. The Morgan fingerprint density at radius 2 is 2.00 bits per heavy atom. The fraction of sp³-hybridized carbons (Fsp3) is 0.568. The summed E-state index contributed by atoms with van der Waals surface area (Å²) in [5, 5.41) is 0. The highest BCUT2D eigenvalue weighted by Crippen LogP contribution is 2.47. The summed E-state index contributed by atoms with van der Waals surface area (Å²) in [5.74, 6) is 0.619. The predicted octanol–water partition coefficient (Wildman–Crippen LogP) is 8.60. The number of nitrogens with one attached hydrogen (secondary N) is 1. The van der Waals surface area contributed by atoms with Gasteiger partial charge in [0.15, 0.2) is 0 Å². The molecule has 3 rings (SSSR count). The van der Waals surface area contributed by atoms with E-state index in [1.807, 2.05) is 37.3 Å². The van der Waals surface area contributed by atoms with E-state index in [0.717, 1.165) is 48.6 Å². The number of aliphatic imine (C=N–C) groups is 1. The third kappa shape index (κ3) is 9.97. The van der Waals surface area contributed by atoms with Gasteiger partial charge in [-0.15, -0.1) is 0 Å². The molecule has 236 valence electrons. The summed E-state index contributed by atoms with van der Waals surface area (Å²) < 4.78 is 3.51. The van der Waals surface area contributed by atoms with Crippen molar-refractivity contribution in [1.29, 1.82) is 0 Å². The Morgan fingerprint density at radius 1 is 1.26 bits per heavy atom. The molecule has 2 aliphatic rings. The number of benzene rings is 1. The Bertz CT molecular complexity index is 1190. The van der Waals surface area contributed by atoms with Crippen LogP contribution in [-0.2, 0) is 4.79 Å². The standard InChI is InChI=1S/C37H56N4OS/c1-9-12-19-37(7)25-32(26-37)40-21-15-22-41(31(27-40)23-28(4)5)36(42)30(10-2)24-33(11-3)43-39-35(18-20-38-8)34-17-14-13-16-29(34)6/h10-11,13-14,16-18,20,24,28,31-32,39H,2,9,12,15,19,21-23,25-27H2,1,3-8H3/b30-24+,33-11+,35-18-,38-20?. The maximum absolute atomic E-state index is 14.1. The van der Waals surface area contributed by atoms with Crippen LogP contribution in [0.25, 0.3) is 5.70 Å². The normalized spacial score (nSPS) is 24.3. The Kier molecular flexibility index (Phi) is 13.8. The first-order valence-corrected chi connectivity index (χ1v) is 17.1. The molecule has 2 fully saturated rings. The highest BCUT2D eigenvalue weighted by Gasteiger charge is 2.43. The minimum absolute atomic E-state index is 0.0941. The second kappa shape index (κ2) is 17.1. The first-order valence-electron chi connectivity index (χ1n) is 16.3. The molecule has 43 heavy (non-hydrogen) atoms. The van der Waals surface area contributed by atoms with Crippen molar-refractivity contribution in [2.75, 3.05) is 26.7 Å². The van der Waals surface area contributed by atoms with Gasteiger partial charge in [0, 0.05) is 61.0 Å². The van der Waals surface area contributed by atoms with E-state index in [4.69, 9.17) is 0 Å². The predicted molar refractivity (Wildman–Crippen MR) is 188 cm³/mol. The molecule has 1 N–H and O–H groups in total. The fourth-order valence-electron chi connectivity index (χ4n) is 6.59. The monoisotopic (exact) mass is 604 g/mol. The summed E-state index contributed by atoms with van der Waals surface area (Å²) in [6.45, 7) is 20.3. The van der Waals surface area contributed by atoms with Crippen LogP contribution in [0.3, 0.4) is 0 Å². The van der Waals surface area contributed by atoms with Gasteiger partial charge >= 0.3 is 0 Å². The molecule has 0 aromatic heterocycles. The molecule has 1 heterocycles. The summed E-state index contributed by atoms with van der Waals surface area (Å²) in [6.07, 6.45) is 18.1. The number of aryl methyl sites for hydroxylation is 1. The van der Waals surface area contributed by atoms with Crippen LogP contribution in [0, 0.1) is 18.3 Å². The molecule has 6 heteroatoms. The van der Waals surface area contributed by atoms with Gasteiger partial charge in [-0.05, 0) is 86.9 Å². The second-order valence-electron chi connectivity index (χ2n) is 13.1. The van der Waals surface area contributed by atoms with E-state index in [0.29, 0.717) is 22.9 Å². The molecule has 1 atom stereocenters. The number of carbonyl (C=O) groups is 1. The van der Waals surface area contributed by atoms with Crippen molar-refractivity contribution in [3.05, 3.63) is 76.8 Å². The van der Waals surface area contributed by atoms with Crippen LogP contribution in [0.15, 0.2) is 70.6 Å². The summed E-state index contributed by atoms with van der Waals surface area (Å²) in [7, 11) is 1.77. The van der Waals surface area contributed by atoms with E-state index in [1.54, 1.807) is 19.3 Å². The zero-order valence-electron chi connectivity index (χ0n) is 27.9. The SMILES string of the molecule is C=C/C(=C\C(=C/C)SN/C(=C\C=NC)c1ccccc1C)C(=O)N1CCCN(C2CC(C)(CCCC)C2)CC1CC(C)C. The summed E-state index contributed by atoms with van der Waals surface area (Å²) in [4.78, 5) is 24.1. The highest BCUT2D eigenvalue weighted by atomic mass is 32.2. The summed E-state index contributed by atoms with van der Waals surface area (Å²) in [6, 6.07) is 9.17. The van der Waals surface area contributed by atoms with E-state index in [2.05, 4.69) is 72.8 Å². The van der Waals surface area contributed by atoms with Crippen molar-refractivity contribution in [3.8, 4) is 0 Å². The van der Waals surface area contributed by atoms with Gasteiger partial charge in [0.25, 0.3) is 5.91 Å². The lowest BCUT2D eigenvalue weighted by Gasteiger charge is -2.51. The quantitative estimate of drug-likeness (QED) is 0.1000. The van der Waals surface area contributed by atoms with Crippen LogP contribution < -0.4 is 4.72 Å². The minimum atomic E-state index is 0.0941. The second-order valence-corrected chi connectivity index (χ2v) is 14.0. The number of amides is 1. The number of nitrogens with zero attached hydrogens (tertiary/aromatic N) is 3. The molecular formula is C37H56N4OS. The Morgan fingerprint density at radius 3 is 2.63 bits per heavy atom. The molecule has 1 amide bonds. The molecule has 1 saturated carbocycles. The van der Waals surface area contributed by atoms with E-state index in [9.17, 15) is 4.79 Å². The third-order valence-corrected chi connectivity index (χ3v) is 9.91. The average molecular weight is 605 g/mol. The number of carbonyl (C=O) groups excluding carboxylic acids is 1. The van der Waals surface area contributed by atoms with Crippen LogP contribution >= 0.6 is 11.9 Å². The van der Waals surface area contributed by atoms with E-state index >= 15 is 0 Å². The van der Waals surface area contributed by atoms with Crippen molar-refractivity contribution in [1.82, 2.24) is 14.5 Å². The van der Waals surface area contributed by atoms with Gasteiger partial charge in [-0.1, -0.05) is 83.5 Å². The van der Waals surface area contributed by atoms with E-state index < -0.39 is 0 Å². The number of hydrogen-bond donors (Lipinski definition) is 1. The lowest BCUT2D eigenvalue weighted by molar-refractivity contribution is -0.129. The van der Waals surface area contributed by atoms with Crippen LogP contribution in [0.2, 0.25) is 0 Å². The summed E-state index contributed by atoms with van der Waals surface area (Å²) >= 11 is 1.51. The average Bonchev–Trinajstić information content (AvgIpc) is 3.18. The lowest BCUT2D eigenvalue weighted by atomic mass is 9.63. The van der Waals surface area contributed by atoms with Crippen LogP contribution in [-0.4, -0.2) is 60.7 Å². The molecule has 1 saturated heterocycles. The van der Waals surface area contributed by atoms with Crippen LogP contribution in [0.5, 0.6) is 0 Å². The maximum atomic E-state index is 14.1. The summed E-state index contributed by atoms with van der Waals surface area (Å²) in [5.41, 5.74) is 4.43. The molecular weight excluding hydrogens is 549 g/mol. The van der Waals surface area contributed by atoms with Crippen LogP contribution in [0.1, 0.15) is 90.7 Å². The van der Waals surface area contributed by atoms with Gasteiger partial charge in [0.1, 0.15) is 0 Å². The topological polar surface area (TPSA) is 47.9 Å².